The molecule has 0 aliphatic carbocycles. The summed E-state index contributed by atoms with van der Waals surface area (Å²) in [5.41, 5.74) is 5.93. The van der Waals surface area contributed by atoms with E-state index in [1.54, 1.807) is 18.5 Å². The Hall–Kier alpha value is -1.94. The zero-order valence-corrected chi connectivity index (χ0v) is 9.15. The van der Waals surface area contributed by atoms with Crippen LogP contribution in [0.1, 0.15) is 11.1 Å². The third-order valence-electron chi connectivity index (χ3n) is 2.82. The van der Waals surface area contributed by atoms with E-state index in [0.29, 0.717) is 13.1 Å². The van der Waals surface area contributed by atoms with Crippen LogP contribution in [0.15, 0.2) is 36.7 Å². The van der Waals surface area contributed by atoms with Gasteiger partial charge in [-0.1, -0.05) is 12.1 Å². The van der Waals surface area contributed by atoms with Crippen molar-refractivity contribution in [3.05, 3.63) is 59.7 Å². The molecule has 0 saturated heterocycles. The minimum atomic E-state index is -0.249. The molecular weight excluding hydrogens is 217 g/mol. The largest absolute Gasteiger partial charge is 0.318 e. The minimum Gasteiger partial charge on any atom is -0.318 e. The predicted octanol–water partition coefficient (Wildman–Crippen LogP) is 2.36. The molecule has 0 bridgehead atoms. The number of hydrogen-bond acceptors (Lipinski definition) is 3. The summed E-state index contributed by atoms with van der Waals surface area (Å²) in [6.45, 7) is 1.25. The number of benzene rings is 1. The van der Waals surface area contributed by atoms with Gasteiger partial charge in [0.15, 0.2) is 0 Å². The highest BCUT2D eigenvalue weighted by Crippen LogP contribution is 2.24. The van der Waals surface area contributed by atoms with E-state index in [1.807, 2.05) is 23.2 Å². The number of nitrogens with zero attached hydrogens (tertiary/aromatic N) is 2. The van der Waals surface area contributed by atoms with Gasteiger partial charge in [-0.05, 0) is 17.7 Å². The van der Waals surface area contributed by atoms with Crippen LogP contribution < -0.4 is 5.43 Å². The molecule has 0 saturated carbocycles. The van der Waals surface area contributed by atoms with Crippen LogP contribution in [0, 0.1) is 11.9 Å². The Labute approximate surface area is 98.9 Å². The van der Waals surface area contributed by atoms with Crippen LogP contribution in [0.5, 0.6) is 0 Å². The highest BCUT2D eigenvalue weighted by atomic mass is 19.1. The van der Waals surface area contributed by atoms with E-state index in [-0.39, 0.29) is 5.82 Å². The van der Waals surface area contributed by atoms with Crippen molar-refractivity contribution in [1.82, 2.24) is 9.99 Å². The fourth-order valence-corrected chi connectivity index (χ4v) is 2.00. The predicted molar refractivity (Wildman–Crippen MR) is 62.3 cm³/mol. The Morgan fingerprint density at radius 1 is 1.24 bits per heavy atom. The average molecular weight is 228 g/mol. The van der Waals surface area contributed by atoms with Gasteiger partial charge < -0.3 is 5.43 Å². The Bertz CT molecular complexity index is 527. The fraction of sp³-hybridized carbons (Fsp3) is 0.154. The minimum absolute atomic E-state index is 0.249. The van der Waals surface area contributed by atoms with Crippen molar-refractivity contribution in [1.29, 1.82) is 0 Å². The second-order valence-electron chi connectivity index (χ2n) is 4.00. The van der Waals surface area contributed by atoms with Gasteiger partial charge >= 0.3 is 0 Å². The Morgan fingerprint density at radius 2 is 2.06 bits per heavy atom. The second kappa shape index (κ2) is 4.14. The van der Waals surface area contributed by atoms with Crippen molar-refractivity contribution in [3.8, 4) is 0 Å². The van der Waals surface area contributed by atoms with Crippen molar-refractivity contribution in [2.45, 2.75) is 13.1 Å². The summed E-state index contributed by atoms with van der Waals surface area (Å²) >= 11 is 0. The van der Waals surface area contributed by atoms with Gasteiger partial charge in [0.2, 0.25) is 0 Å². The van der Waals surface area contributed by atoms with Crippen molar-refractivity contribution >= 4 is 5.69 Å². The molecule has 1 aliphatic heterocycles. The lowest BCUT2D eigenvalue weighted by atomic mass is 10.1. The number of hydrogen-bond donors (Lipinski definition) is 1. The number of fused-ring (bicyclic) bond motifs is 1. The molecule has 1 aliphatic rings. The first-order valence-corrected chi connectivity index (χ1v) is 5.42. The molecule has 4 heteroatoms. The summed E-state index contributed by atoms with van der Waals surface area (Å²) in [7, 11) is 0. The molecule has 2 heterocycles. The van der Waals surface area contributed by atoms with E-state index >= 15 is 0 Å². The molecule has 3 nitrogen and oxygen atoms in total. The molecule has 0 fully saturated rings. The molecule has 0 spiro atoms. The molecule has 0 amide bonds. The van der Waals surface area contributed by atoms with Crippen LogP contribution in [0.3, 0.4) is 0 Å². The standard InChI is InChI=1S/C13H11FN3/c14-13-3-1-2-10-8-17(9-12(10)13)16-11-4-6-15-7-5-11/h1-2,4-7H,8-9H2,(H,15,16). The second-order valence-corrected chi connectivity index (χ2v) is 4.00. The summed E-state index contributed by atoms with van der Waals surface area (Å²) < 4.78 is 13.5. The first-order chi connectivity index (χ1) is 8.33. The van der Waals surface area contributed by atoms with Crippen LogP contribution >= 0.6 is 0 Å². The molecule has 0 atom stereocenters. The van der Waals surface area contributed by atoms with Gasteiger partial charge in [0.05, 0.1) is 5.69 Å². The smallest absolute Gasteiger partial charge is 0.136 e. The van der Waals surface area contributed by atoms with E-state index in [9.17, 15) is 4.39 Å². The molecule has 2 aromatic rings. The highest BCUT2D eigenvalue weighted by molar-refractivity contribution is 5.41. The van der Waals surface area contributed by atoms with Crippen molar-refractivity contribution in [2.24, 2.45) is 0 Å². The van der Waals surface area contributed by atoms with Crippen molar-refractivity contribution in [2.75, 3.05) is 5.43 Å². The van der Waals surface area contributed by atoms with Crippen LogP contribution in [0.4, 0.5) is 10.1 Å². The van der Waals surface area contributed by atoms with E-state index in [4.69, 9.17) is 0 Å². The number of aromatic nitrogens is 1. The summed E-state index contributed by atoms with van der Waals surface area (Å²) in [6.07, 6.45) is 3.44. The molecule has 3 rings (SSSR count). The molecule has 1 N–H and O–H groups in total. The number of hydrazine groups is 1. The van der Waals surface area contributed by atoms with Crippen molar-refractivity contribution < 1.29 is 4.39 Å². The van der Waals surface area contributed by atoms with E-state index < -0.39 is 0 Å². The SMILES string of the molecule is Fc1[c]ccc2c1CN(Nc1ccncc1)C2. The number of pyridine rings is 1. The zero-order chi connectivity index (χ0) is 11.7. The number of nitrogens with one attached hydrogen (secondary N) is 1. The zero-order valence-electron chi connectivity index (χ0n) is 9.15. The van der Waals surface area contributed by atoms with Gasteiger partial charge in [0, 0.05) is 37.1 Å². The van der Waals surface area contributed by atoms with E-state index in [1.165, 1.54) is 0 Å². The molecule has 17 heavy (non-hydrogen) atoms. The monoisotopic (exact) mass is 228 g/mol. The molecule has 85 valence electrons. The maximum atomic E-state index is 13.5. The summed E-state index contributed by atoms with van der Waals surface area (Å²) in [5.74, 6) is -0.249. The normalized spacial score (nSPS) is 14.6. The average Bonchev–Trinajstić information content (AvgIpc) is 2.74. The third-order valence-corrected chi connectivity index (χ3v) is 2.82. The summed E-state index contributed by atoms with van der Waals surface area (Å²) in [6, 6.07) is 9.88. The van der Waals surface area contributed by atoms with Crippen LogP contribution in [0.25, 0.3) is 0 Å². The van der Waals surface area contributed by atoms with Gasteiger partial charge in [-0.15, -0.1) is 0 Å². The van der Waals surface area contributed by atoms with E-state index in [0.717, 1.165) is 16.8 Å². The van der Waals surface area contributed by atoms with Gasteiger partial charge in [-0.25, -0.2) is 9.40 Å². The Morgan fingerprint density at radius 3 is 2.82 bits per heavy atom. The van der Waals surface area contributed by atoms with Crippen LogP contribution in [0.2, 0.25) is 0 Å². The van der Waals surface area contributed by atoms with Crippen molar-refractivity contribution in [3.63, 3.8) is 0 Å². The lowest BCUT2D eigenvalue weighted by Crippen LogP contribution is -2.23. The first kappa shape index (κ1) is 10.2. The Kier molecular flexibility index (Phi) is 2.49. The molecule has 1 radical (unpaired) electrons. The topological polar surface area (TPSA) is 28.2 Å². The first-order valence-electron chi connectivity index (χ1n) is 5.42. The summed E-state index contributed by atoms with van der Waals surface area (Å²) in [4.78, 5) is 3.95. The number of rotatable bonds is 2. The lowest BCUT2D eigenvalue weighted by molar-refractivity contribution is 0.344. The number of anilines is 1. The van der Waals surface area contributed by atoms with E-state index in [2.05, 4.69) is 16.5 Å². The quantitative estimate of drug-likeness (QED) is 0.855. The van der Waals surface area contributed by atoms with Crippen LogP contribution in [-0.4, -0.2) is 9.99 Å². The third kappa shape index (κ3) is 1.99. The highest BCUT2D eigenvalue weighted by Gasteiger charge is 2.21. The van der Waals surface area contributed by atoms with Gasteiger partial charge in [0.1, 0.15) is 5.82 Å². The van der Waals surface area contributed by atoms with Gasteiger partial charge in [-0.3, -0.25) is 4.98 Å². The lowest BCUT2D eigenvalue weighted by Gasteiger charge is -2.17. The van der Waals surface area contributed by atoms with Gasteiger partial charge in [-0.2, -0.15) is 0 Å². The Balaban J connectivity index is 1.77. The molecule has 0 unspecified atom stereocenters. The maximum absolute atomic E-state index is 13.5. The summed E-state index contributed by atoms with van der Waals surface area (Å²) in [5, 5.41) is 1.97. The van der Waals surface area contributed by atoms with Crippen LogP contribution in [-0.2, 0) is 13.1 Å². The molecule has 1 aromatic heterocycles. The molecular formula is C13H11FN3. The van der Waals surface area contributed by atoms with Gasteiger partial charge in [0.25, 0.3) is 0 Å². The molecule has 1 aromatic carbocycles. The fourth-order valence-electron chi connectivity index (χ4n) is 2.00. The number of halogens is 1. The maximum Gasteiger partial charge on any atom is 0.136 e.